The van der Waals surface area contributed by atoms with Crippen LogP contribution in [0.15, 0.2) is 72.8 Å². The molecule has 0 saturated carbocycles. The highest BCUT2D eigenvalue weighted by Crippen LogP contribution is 2.35. The van der Waals surface area contributed by atoms with E-state index in [1.54, 1.807) is 25.3 Å². The molecule has 3 aromatic carbocycles. The third kappa shape index (κ3) is 6.94. The van der Waals surface area contributed by atoms with E-state index in [0.717, 1.165) is 27.9 Å². The zero-order chi connectivity index (χ0) is 26.2. The van der Waals surface area contributed by atoms with Gasteiger partial charge in [-0.05, 0) is 55.0 Å². The summed E-state index contributed by atoms with van der Waals surface area (Å²) in [6, 6.07) is 20.5. The summed E-state index contributed by atoms with van der Waals surface area (Å²) in [5, 5.41) is 4.60. The smallest absolute Gasteiger partial charge is 0.244 e. The van der Waals surface area contributed by atoms with Gasteiger partial charge < -0.3 is 19.5 Å². The fourth-order valence-corrected chi connectivity index (χ4v) is 4.12. The Kier molecular flexibility index (Phi) is 8.88. The second-order valence-electron chi connectivity index (χ2n) is 8.15. The van der Waals surface area contributed by atoms with Crippen molar-refractivity contribution in [2.75, 3.05) is 20.3 Å². The van der Waals surface area contributed by atoms with Crippen LogP contribution in [-0.4, -0.2) is 31.2 Å². The minimum absolute atomic E-state index is 0.149. The van der Waals surface area contributed by atoms with Crippen LogP contribution in [0.25, 0.3) is 17.0 Å². The van der Waals surface area contributed by atoms with Gasteiger partial charge in [-0.1, -0.05) is 53.5 Å². The number of benzene rings is 3. The summed E-state index contributed by atoms with van der Waals surface area (Å²) in [7, 11) is 1.61. The first kappa shape index (κ1) is 26.3. The van der Waals surface area contributed by atoms with Crippen molar-refractivity contribution in [1.29, 1.82) is 0 Å². The number of carbonyl (C=O) groups excluding carboxylic acids is 1. The summed E-state index contributed by atoms with van der Waals surface area (Å²) in [4.78, 5) is 16.7. The van der Waals surface area contributed by atoms with Gasteiger partial charge in [0.25, 0.3) is 0 Å². The van der Waals surface area contributed by atoms with Gasteiger partial charge in [0, 0.05) is 27.7 Å². The Morgan fingerprint density at radius 1 is 0.973 bits per heavy atom. The molecule has 0 aliphatic heterocycles. The molecule has 6 nitrogen and oxygen atoms in total. The maximum atomic E-state index is 12.1. The topological polar surface area (TPSA) is 69.7 Å². The third-order valence-corrected chi connectivity index (χ3v) is 6.32. The molecule has 0 radical (unpaired) electrons. The van der Waals surface area contributed by atoms with E-state index in [4.69, 9.17) is 37.4 Å². The van der Waals surface area contributed by atoms with Crippen molar-refractivity contribution in [1.82, 2.24) is 10.3 Å². The average Bonchev–Trinajstić information content (AvgIpc) is 2.91. The molecule has 0 spiro atoms. The Morgan fingerprint density at radius 2 is 1.78 bits per heavy atom. The van der Waals surface area contributed by atoms with Gasteiger partial charge in [-0.25, -0.2) is 4.98 Å². The number of halogens is 2. The summed E-state index contributed by atoms with van der Waals surface area (Å²) in [6.07, 6.45) is 3.20. The van der Waals surface area contributed by atoms with Crippen molar-refractivity contribution in [2.24, 2.45) is 0 Å². The standard InChI is InChI=1S/C29H26Cl2N2O4/c1-19-6-10-21-4-3-5-26(29(21)33-19)37-18-23-24(30)13-14-25(28(23)31)36-17-16-32-27(34)15-9-20-7-11-22(35-2)12-8-20/h3-15H,16-18H2,1-2H3,(H,32,34). The van der Waals surface area contributed by atoms with Crippen molar-refractivity contribution in [3.05, 3.63) is 99.7 Å². The van der Waals surface area contributed by atoms with E-state index in [9.17, 15) is 4.79 Å². The zero-order valence-corrected chi connectivity index (χ0v) is 22.0. The number of rotatable bonds is 10. The molecule has 1 aromatic heterocycles. The fourth-order valence-electron chi connectivity index (χ4n) is 3.58. The van der Waals surface area contributed by atoms with E-state index in [2.05, 4.69) is 10.3 Å². The molecule has 4 rings (SSSR count). The molecule has 4 aromatic rings. The number of aromatic nitrogens is 1. The predicted molar refractivity (Wildman–Crippen MR) is 148 cm³/mol. The molecule has 0 aliphatic carbocycles. The van der Waals surface area contributed by atoms with Crippen LogP contribution in [0.2, 0.25) is 10.0 Å². The Hall–Kier alpha value is -3.74. The third-order valence-electron chi connectivity index (χ3n) is 5.55. The number of hydrogen-bond acceptors (Lipinski definition) is 5. The van der Waals surface area contributed by atoms with Crippen LogP contribution >= 0.6 is 23.2 Å². The summed E-state index contributed by atoms with van der Waals surface area (Å²) in [5.41, 5.74) is 3.18. The Bertz CT molecular complexity index is 1420. The molecule has 0 unspecified atom stereocenters. The van der Waals surface area contributed by atoms with Gasteiger partial charge in [0.1, 0.15) is 36.0 Å². The fraction of sp³-hybridized carbons (Fsp3) is 0.172. The van der Waals surface area contributed by atoms with Crippen LogP contribution < -0.4 is 19.5 Å². The number of hydrogen-bond donors (Lipinski definition) is 1. The maximum absolute atomic E-state index is 12.1. The minimum atomic E-state index is -0.227. The average molecular weight is 537 g/mol. The molecule has 0 aliphatic rings. The molecular weight excluding hydrogens is 511 g/mol. The van der Waals surface area contributed by atoms with Gasteiger partial charge in [-0.2, -0.15) is 0 Å². The van der Waals surface area contributed by atoms with E-state index in [0.29, 0.717) is 33.7 Å². The lowest BCUT2D eigenvalue weighted by atomic mass is 10.2. The van der Waals surface area contributed by atoms with E-state index < -0.39 is 0 Å². The summed E-state index contributed by atoms with van der Waals surface area (Å²) < 4.78 is 17.0. The second-order valence-corrected chi connectivity index (χ2v) is 8.94. The highest BCUT2D eigenvalue weighted by molar-refractivity contribution is 6.36. The number of aryl methyl sites for hydroxylation is 1. The molecule has 1 heterocycles. The van der Waals surface area contributed by atoms with Gasteiger partial charge >= 0.3 is 0 Å². The largest absolute Gasteiger partial charge is 0.497 e. The van der Waals surface area contributed by atoms with Crippen molar-refractivity contribution in [2.45, 2.75) is 13.5 Å². The highest BCUT2D eigenvalue weighted by atomic mass is 35.5. The normalized spacial score (nSPS) is 11.0. The first-order valence-corrected chi connectivity index (χ1v) is 12.4. The SMILES string of the molecule is COc1ccc(C=CC(=O)NCCOc2ccc(Cl)c(COc3cccc4ccc(C)nc34)c2Cl)cc1. The molecule has 1 amide bonds. The van der Waals surface area contributed by atoms with Crippen molar-refractivity contribution in [3.63, 3.8) is 0 Å². The molecule has 0 bridgehead atoms. The lowest BCUT2D eigenvalue weighted by Gasteiger charge is -2.15. The Morgan fingerprint density at radius 3 is 2.57 bits per heavy atom. The molecule has 8 heteroatoms. The number of amides is 1. The van der Waals surface area contributed by atoms with Crippen LogP contribution in [0, 0.1) is 6.92 Å². The number of fused-ring (bicyclic) bond motifs is 1. The van der Waals surface area contributed by atoms with Crippen LogP contribution in [0.1, 0.15) is 16.8 Å². The van der Waals surface area contributed by atoms with Gasteiger partial charge in [-0.15, -0.1) is 0 Å². The number of pyridine rings is 1. The summed E-state index contributed by atoms with van der Waals surface area (Å²) in [5.74, 6) is 1.63. The van der Waals surface area contributed by atoms with E-state index in [-0.39, 0.29) is 19.1 Å². The van der Waals surface area contributed by atoms with Crippen LogP contribution in [-0.2, 0) is 11.4 Å². The highest BCUT2D eigenvalue weighted by Gasteiger charge is 2.14. The molecule has 190 valence electrons. The second kappa shape index (κ2) is 12.5. The van der Waals surface area contributed by atoms with E-state index in [1.807, 2.05) is 61.5 Å². The number of ether oxygens (including phenoxy) is 3. The quantitative estimate of drug-likeness (QED) is 0.181. The number of methoxy groups -OCH3 is 1. The maximum Gasteiger partial charge on any atom is 0.244 e. The van der Waals surface area contributed by atoms with Crippen molar-refractivity contribution in [3.8, 4) is 17.2 Å². The molecule has 0 saturated heterocycles. The molecule has 37 heavy (non-hydrogen) atoms. The van der Waals surface area contributed by atoms with E-state index in [1.165, 1.54) is 6.08 Å². The molecular formula is C29H26Cl2N2O4. The molecule has 0 atom stereocenters. The first-order valence-electron chi connectivity index (χ1n) is 11.6. The van der Waals surface area contributed by atoms with E-state index >= 15 is 0 Å². The number of para-hydroxylation sites is 1. The number of nitrogens with one attached hydrogen (secondary N) is 1. The predicted octanol–water partition coefficient (Wildman–Crippen LogP) is 6.65. The lowest BCUT2D eigenvalue weighted by Crippen LogP contribution is -2.26. The molecule has 0 fully saturated rings. The van der Waals surface area contributed by atoms with Crippen LogP contribution in [0.4, 0.5) is 0 Å². The number of nitrogens with zero attached hydrogens (tertiary/aromatic N) is 1. The Balaban J connectivity index is 1.32. The molecule has 1 N–H and O–H groups in total. The Labute approximate surface area is 225 Å². The zero-order valence-electron chi connectivity index (χ0n) is 20.5. The van der Waals surface area contributed by atoms with Gasteiger partial charge in [-0.3, -0.25) is 4.79 Å². The van der Waals surface area contributed by atoms with Gasteiger partial charge in [0.05, 0.1) is 18.7 Å². The van der Waals surface area contributed by atoms with Crippen LogP contribution in [0.5, 0.6) is 17.2 Å². The lowest BCUT2D eigenvalue weighted by molar-refractivity contribution is -0.116. The first-order chi connectivity index (χ1) is 17.9. The van der Waals surface area contributed by atoms with Gasteiger partial charge in [0.2, 0.25) is 5.91 Å². The number of carbonyl (C=O) groups is 1. The van der Waals surface area contributed by atoms with Crippen LogP contribution in [0.3, 0.4) is 0 Å². The summed E-state index contributed by atoms with van der Waals surface area (Å²) in [6.45, 7) is 2.62. The van der Waals surface area contributed by atoms with Gasteiger partial charge in [0.15, 0.2) is 0 Å². The van der Waals surface area contributed by atoms with Crippen molar-refractivity contribution >= 4 is 46.1 Å². The van der Waals surface area contributed by atoms with Crippen molar-refractivity contribution < 1.29 is 19.0 Å². The summed E-state index contributed by atoms with van der Waals surface area (Å²) >= 11 is 13.0. The minimum Gasteiger partial charge on any atom is -0.497 e. The monoisotopic (exact) mass is 536 g/mol.